The quantitative estimate of drug-likeness (QED) is 0.523. The molecular formula is C21H20N2O2. The molecule has 0 bridgehead atoms. The van der Waals surface area contributed by atoms with Crippen molar-refractivity contribution in [1.29, 1.82) is 0 Å². The Morgan fingerprint density at radius 2 is 2.08 bits per heavy atom. The first-order valence-corrected chi connectivity index (χ1v) is 8.22. The highest BCUT2D eigenvalue weighted by Gasteiger charge is 2.07. The lowest BCUT2D eigenvalue weighted by Gasteiger charge is -2.09. The van der Waals surface area contributed by atoms with Gasteiger partial charge in [0.05, 0.1) is 12.1 Å². The number of ether oxygens (including phenoxy) is 1. The monoisotopic (exact) mass is 332 g/mol. The molecule has 0 fully saturated rings. The number of amides is 1. The number of rotatable bonds is 7. The van der Waals surface area contributed by atoms with Crippen LogP contribution in [0.3, 0.4) is 0 Å². The Kier molecular flexibility index (Phi) is 5.42. The van der Waals surface area contributed by atoms with Gasteiger partial charge in [0, 0.05) is 23.7 Å². The summed E-state index contributed by atoms with van der Waals surface area (Å²) >= 11 is 0. The van der Waals surface area contributed by atoms with Gasteiger partial charge in [0.1, 0.15) is 5.75 Å². The van der Waals surface area contributed by atoms with Crippen molar-refractivity contribution in [1.82, 2.24) is 10.3 Å². The van der Waals surface area contributed by atoms with Crippen LogP contribution in [0.1, 0.15) is 22.3 Å². The highest BCUT2D eigenvalue weighted by atomic mass is 16.5. The SMILES string of the molecule is C=CCCOc1cccc(CNC(=O)c2ccc3ncccc3c2)c1. The van der Waals surface area contributed by atoms with Gasteiger partial charge in [-0.1, -0.05) is 24.3 Å². The average Bonchev–Trinajstić information content (AvgIpc) is 2.66. The third-order valence-corrected chi connectivity index (χ3v) is 3.81. The molecule has 0 atom stereocenters. The van der Waals surface area contributed by atoms with E-state index >= 15 is 0 Å². The molecule has 2 aromatic carbocycles. The number of pyridine rings is 1. The third-order valence-electron chi connectivity index (χ3n) is 3.81. The maximum Gasteiger partial charge on any atom is 0.251 e. The van der Waals surface area contributed by atoms with Gasteiger partial charge in [-0.2, -0.15) is 0 Å². The molecule has 0 saturated heterocycles. The average molecular weight is 332 g/mol. The lowest BCUT2D eigenvalue weighted by Crippen LogP contribution is -2.22. The number of fused-ring (bicyclic) bond motifs is 1. The van der Waals surface area contributed by atoms with E-state index < -0.39 is 0 Å². The summed E-state index contributed by atoms with van der Waals surface area (Å²) in [6.07, 6.45) is 4.37. The first kappa shape index (κ1) is 16.7. The summed E-state index contributed by atoms with van der Waals surface area (Å²) in [7, 11) is 0. The van der Waals surface area contributed by atoms with Crippen molar-refractivity contribution in [3.05, 3.63) is 84.6 Å². The van der Waals surface area contributed by atoms with Gasteiger partial charge in [-0.3, -0.25) is 9.78 Å². The van der Waals surface area contributed by atoms with E-state index in [1.807, 2.05) is 54.6 Å². The van der Waals surface area contributed by atoms with Crippen molar-refractivity contribution in [3.8, 4) is 5.75 Å². The second-order valence-corrected chi connectivity index (χ2v) is 5.67. The second kappa shape index (κ2) is 8.11. The molecule has 3 aromatic rings. The smallest absolute Gasteiger partial charge is 0.251 e. The fraction of sp³-hybridized carbons (Fsp3) is 0.143. The van der Waals surface area contributed by atoms with E-state index in [0.717, 1.165) is 28.6 Å². The van der Waals surface area contributed by atoms with Crippen molar-refractivity contribution in [2.24, 2.45) is 0 Å². The van der Waals surface area contributed by atoms with Gasteiger partial charge in [0.15, 0.2) is 0 Å². The summed E-state index contributed by atoms with van der Waals surface area (Å²) in [5.41, 5.74) is 2.49. The molecule has 1 N–H and O–H groups in total. The normalized spacial score (nSPS) is 10.4. The van der Waals surface area contributed by atoms with E-state index in [1.54, 1.807) is 12.3 Å². The van der Waals surface area contributed by atoms with Crippen molar-refractivity contribution in [2.45, 2.75) is 13.0 Å². The highest BCUT2D eigenvalue weighted by molar-refractivity contribution is 5.97. The molecule has 0 saturated carbocycles. The summed E-state index contributed by atoms with van der Waals surface area (Å²) in [5, 5.41) is 3.89. The van der Waals surface area contributed by atoms with Crippen LogP contribution in [0.15, 0.2) is 73.4 Å². The maximum atomic E-state index is 12.4. The Morgan fingerprint density at radius 3 is 2.96 bits per heavy atom. The number of hydrogen-bond donors (Lipinski definition) is 1. The molecule has 0 aliphatic rings. The van der Waals surface area contributed by atoms with Crippen molar-refractivity contribution in [2.75, 3.05) is 6.61 Å². The lowest BCUT2D eigenvalue weighted by molar-refractivity contribution is 0.0951. The van der Waals surface area contributed by atoms with Gasteiger partial charge in [-0.15, -0.1) is 6.58 Å². The molecule has 0 unspecified atom stereocenters. The van der Waals surface area contributed by atoms with Gasteiger partial charge < -0.3 is 10.1 Å². The fourth-order valence-electron chi connectivity index (χ4n) is 2.51. The molecule has 4 heteroatoms. The van der Waals surface area contributed by atoms with E-state index in [2.05, 4.69) is 16.9 Å². The third kappa shape index (κ3) is 4.44. The van der Waals surface area contributed by atoms with E-state index in [9.17, 15) is 4.79 Å². The molecule has 0 aliphatic heterocycles. The van der Waals surface area contributed by atoms with Crippen LogP contribution in [0.5, 0.6) is 5.75 Å². The number of carbonyl (C=O) groups is 1. The van der Waals surface area contributed by atoms with Crippen LogP contribution in [0.2, 0.25) is 0 Å². The Hall–Kier alpha value is -3.14. The zero-order valence-corrected chi connectivity index (χ0v) is 13.9. The topological polar surface area (TPSA) is 51.2 Å². The van der Waals surface area contributed by atoms with Crippen molar-refractivity contribution in [3.63, 3.8) is 0 Å². The molecular weight excluding hydrogens is 312 g/mol. The molecule has 25 heavy (non-hydrogen) atoms. The van der Waals surface area contributed by atoms with Crippen LogP contribution in [0.4, 0.5) is 0 Å². The van der Waals surface area contributed by atoms with Crippen LogP contribution in [-0.2, 0) is 6.54 Å². The number of hydrogen-bond acceptors (Lipinski definition) is 3. The van der Waals surface area contributed by atoms with E-state index in [4.69, 9.17) is 4.74 Å². The number of benzene rings is 2. The highest BCUT2D eigenvalue weighted by Crippen LogP contribution is 2.15. The molecule has 0 aliphatic carbocycles. The molecule has 1 heterocycles. The molecule has 0 radical (unpaired) electrons. The minimum atomic E-state index is -0.108. The summed E-state index contributed by atoms with van der Waals surface area (Å²) < 4.78 is 5.64. The van der Waals surface area contributed by atoms with Crippen LogP contribution in [0.25, 0.3) is 10.9 Å². The Morgan fingerprint density at radius 1 is 1.16 bits per heavy atom. The predicted molar refractivity (Wildman–Crippen MR) is 99.7 cm³/mol. The number of aromatic nitrogens is 1. The van der Waals surface area contributed by atoms with Crippen molar-refractivity contribution < 1.29 is 9.53 Å². The maximum absolute atomic E-state index is 12.4. The number of carbonyl (C=O) groups excluding carboxylic acids is 1. The van der Waals surface area contributed by atoms with E-state index in [1.165, 1.54) is 0 Å². The predicted octanol–water partition coefficient (Wildman–Crippen LogP) is 4.12. The van der Waals surface area contributed by atoms with Gasteiger partial charge in [-0.25, -0.2) is 0 Å². The first-order valence-electron chi connectivity index (χ1n) is 8.22. The lowest BCUT2D eigenvalue weighted by atomic mass is 10.1. The molecule has 1 amide bonds. The van der Waals surface area contributed by atoms with Crippen LogP contribution in [-0.4, -0.2) is 17.5 Å². The first-order chi connectivity index (χ1) is 12.3. The van der Waals surface area contributed by atoms with Gasteiger partial charge in [0.2, 0.25) is 0 Å². The summed E-state index contributed by atoms with van der Waals surface area (Å²) in [5.74, 6) is 0.689. The largest absolute Gasteiger partial charge is 0.493 e. The number of nitrogens with zero attached hydrogens (tertiary/aromatic N) is 1. The van der Waals surface area contributed by atoms with Crippen LogP contribution in [0, 0.1) is 0 Å². The van der Waals surface area contributed by atoms with Gasteiger partial charge in [-0.05, 0) is 48.4 Å². The number of nitrogens with one attached hydrogen (secondary N) is 1. The zero-order valence-electron chi connectivity index (χ0n) is 13.9. The van der Waals surface area contributed by atoms with Gasteiger partial charge in [0.25, 0.3) is 5.91 Å². The Labute approximate surface area is 147 Å². The van der Waals surface area contributed by atoms with E-state index in [-0.39, 0.29) is 5.91 Å². The van der Waals surface area contributed by atoms with E-state index in [0.29, 0.717) is 18.7 Å². The minimum Gasteiger partial charge on any atom is -0.493 e. The second-order valence-electron chi connectivity index (χ2n) is 5.67. The summed E-state index contributed by atoms with van der Waals surface area (Å²) in [6.45, 7) is 4.72. The van der Waals surface area contributed by atoms with Crippen molar-refractivity contribution >= 4 is 16.8 Å². The Balaban J connectivity index is 1.63. The standard InChI is InChI=1S/C21H20N2O2/c1-2-3-12-25-19-8-4-6-16(13-19)15-23-21(24)18-9-10-20-17(14-18)7-5-11-22-20/h2,4-11,13-14H,1,3,12,15H2,(H,23,24). The summed E-state index contributed by atoms with van der Waals surface area (Å²) in [6, 6.07) is 17.0. The van der Waals surface area contributed by atoms with Gasteiger partial charge >= 0.3 is 0 Å². The molecule has 0 spiro atoms. The zero-order chi connectivity index (χ0) is 17.5. The molecule has 126 valence electrons. The van der Waals surface area contributed by atoms with Crippen LogP contribution < -0.4 is 10.1 Å². The summed E-state index contributed by atoms with van der Waals surface area (Å²) in [4.78, 5) is 16.6. The molecule has 1 aromatic heterocycles. The molecule has 4 nitrogen and oxygen atoms in total. The van der Waals surface area contributed by atoms with Crippen LogP contribution >= 0.6 is 0 Å². The fourth-order valence-corrected chi connectivity index (χ4v) is 2.51. The minimum absolute atomic E-state index is 0.108. The Bertz CT molecular complexity index is 890. The molecule has 3 rings (SSSR count).